The second kappa shape index (κ2) is 18.6. The van der Waals surface area contributed by atoms with Crippen LogP contribution >= 0.6 is 0 Å². The number of esters is 1. The third-order valence-electron chi connectivity index (χ3n) is 9.21. The van der Waals surface area contributed by atoms with Crippen LogP contribution in [0.5, 0.6) is 0 Å². The highest BCUT2D eigenvalue weighted by Crippen LogP contribution is 2.32. The van der Waals surface area contributed by atoms with Crippen molar-refractivity contribution in [1.82, 2.24) is 20.2 Å². The van der Waals surface area contributed by atoms with Crippen LogP contribution < -0.4 is 10.6 Å². The minimum absolute atomic E-state index is 0.103. The number of carbonyl (C=O) groups is 3. The van der Waals surface area contributed by atoms with Crippen LogP contribution in [0.15, 0.2) is 104 Å². The van der Waals surface area contributed by atoms with Crippen molar-refractivity contribution in [2.24, 2.45) is 11.8 Å². The fourth-order valence-corrected chi connectivity index (χ4v) is 6.28. The molecule has 1 aliphatic rings. The zero-order valence-corrected chi connectivity index (χ0v) is 28.3. The highest BCUT2D eigenvalue weighted by Gasteiger charge is 2.25. The van der Waals surface area contributed by atoms with Gasteiger partial charge in [0.15, 0.2) is 0 Å². The second-order valence-electron chi connectivity index (χ2n) is 13.1. The lowest BCUT2D eigenvalue weighted by atomic mass is 9.87. The summed E-state index contributed by atoms with van der Waals surface area (Å²) in [5.41, 5.74) is 3.56. The highest BCUT2D eigenvalue weighted by atomic mass is 16.5. The number of alkyl carbamates (subject to hydrolysis) is 1. The summed E-state index contributed by atoms with van der Waals surface area (Å²) in [7, 11) is 0. The third-order valence-corrected chi connectivity index (χ3v) is 9.21. The van der Waals surface area contributed by atoms with Crippen LogP contribution in [0, 0.1) is 11.8 Å². The molecule has 1 fully saturated rings. The first kappa shape index (κ1) is 35.4. The first-order valence-corrected chi connectivity index (χ1v) is 17.4. The standard InChI is InChI=1S/C40H48N4O5/c1-30-19-21-36(22-20-30)44-26-35(42-29-44)25-34(39(46)48-27-32-14-7-3-8-15-32)18-11-23-41-38(45)37(24-31-12-5-2-6-13-31)43-40(47)49-28-33-16-9-4-10-17-33/h2-10,12-17,26,29-30,34,36-37H,11,18-25,27-28H2,1H3,(H,41,45)(H,43,47). The topological polar surface area (TPSA) is 112 Å². The molecule has 9 nitrogen and oxygen atoms in total. The van der Waals surface area contributed by atoms with Crippen LogP contribution in [-0.2, 0) is 45.1 Å². The van der Waals surface area contributed by atoms with Crippen molar-refractivity contribution in [3.8, 4) is 0 Å². The van der Waals surface area contributed by atoms with E-state index in [4.69, 9.17) is 9.47 Å². The van der Waals surface area contributed by atoms with Crippen molar-refractivity contribution in [1.29, 1.82) is 0 Å². The maximum absolute atomic E-state index is 13.4. The number of aromatic nitrogens is 2. The van der Waals surface area contributed by atoms with Crippen molar-refractivity contribution in [2.75, 3.05) is 6.54 Å². The number of rotatable bonds is 16. The van der Waals surface area contributed by atoms with Gasteiger partial charge in [-0.2, -0.15) is 0 Å². The molecule has 1 aromatic heterocycles. The number of amides is 2. The predicted molar refractivity (Wildman–Crippen MR) is 188 cm³/mol. The molecule has 2 atom stereocenters. The van der Waals surface area contributed by atoms with Crippen molar-refractivity contribution in [3.05, 3.63) is 126 Å². The monoisotopic (exact) mass is 664 g/mol. The van der Waals surface area contributed by atoms with Gasteiger partial charge >= 0.3 is 12.1 Å². The normalized spacial score (nSPS) is 17.0. The first-order valence-electron chi connectivity index (χ1n) is 17.4. The second-order valence-corrected chi connectivity index (χ2v) is 13.1. The molecule has 4 aromatic rings. The van der Waals surface area contributed by atoms with E-state index in [2.05, 4.69) is 33.3 Å². The van der Waals surface area contributed by atoms with Gasteiger partial charge in [0.2, 0.25) is 5.91 Å². The lowest BCUT2D eigenvalue weighted by Gasteiger charge is -2.26. The van der Waals surface area contributed by atoms with Gasteiger partial charge in [0.05, 0.1) is 17.9 Å². The van der Waals surface area contributed by atoms with Crippen LogP contribution in [0.2, 0.25) is 0 Å². The summed E-state index contributed by atoms with van der Waals surface area (Å²) in [6, 6.07) is 28.2. The Morgan fingerprint density at radius 2 is 1.39 bits per heavy atom. The molecule has 2 amide bonds. The maximum Gasteiger partial charge on any atom is 0.408 e. The summed E-state index contributed by atoms with van der Waals surface area (Å²) in [5, 5.41) is 5.71. The molecule has 0 bridgehead atoms. The summed E-state index contributed by atoms with van der Waals surface area (Å²) in [6.45, 7) is 2.95. The highest BCUT2D eigenvalue weighted by molar-refractivity contribution is 5.86. The molecule has 2 N–H and O–H groups in total. The van der Waals surface area contributed by atoms with Crippen LogP contribution in [-0.4, -0.2) is 40.1 Å². The number of benzene rings is 3. The van der Waals surface area contributed by atoms with Crippen LogP contribution in [0.4, 0.5) is 4.79 Å². The average Bonchev–Trinajstić information content (AvgIpc) is 3.60. The van der Waals surface area contributed by atoms with E-state index in [0.29, 0.717) is 38.3 Å². The minimum atomic E-state index is -0.830. The molecule has 1 aliphatic carbocycles. The molecule has 258 valence electrons. The van der Waals surface area contributed by atoms with E-state index in [1.807, 2.05) is 97.3 Å². The molecule has 9 heteroatoms. The Morgan fingerprint density at radius 1 is 0.796 bits per heavy atom. The smallest absolute Gasteiger partial charge is 0.408 e. The molecule has 0 radical (unpaired) electrons. The molecule has 0 aliphatic heterocycles. The molecule has 1 heterocycles. The number of ether oxygens (including phenoxy) is 2. The quantitative estimate of drug-likeness (QED) is 0.0989. The molecule has 1 saturated carbocycles. The van der Waals surface area contributed by atoms with Crippen molar-refractivity contribution in [2.45, 2.75) is 83.6 Å². The van der Waals surface area contributed by atoms with Gasteiger partial charge in [-0.15, -0.1) is 0 Å². The average molecular weight is 665 g/mol. The third kappa shape index (κ3) is 11.6. The minimum Gasteiger partial charge on any atom is -0.461 e. The van der Waals surface area contributed by atoms with Crippen LogP contribution in [0.25, 0.3) is 0 Å². The van der Waals surface area contributed by atoms with Gasteiger partial charge in [-0.1, -0.05) is 97.9 Å². The number of hydrogen-bond acceptors (Lipinski definition) is 6. The Labute approximate surface area is 289 Å². The van der Waals surface area contributed by atoms with Crippen LogP contribution in [0.1, 0.15) is 73.9 Å². The van der Waals surface area contributed by atoms with Crippen molar-refractivity contribution in [3.63, 3.8) is 0 Å². The molecule has 0 spiro atoms. The largest absolute Gasteiger partial charge is 0.461 e. The molecular weight excluding hydrogens is 616 g/mol. The molecule has 3 aromatic carbocycles. The fraction of sp³-hybridized carbons (Fsp3) is 0.400. The van der Waals surface area contributed by atoms with E-state index >= 15 is 0 Å². The molecule has 0 saturated heterocycles. The summed E-state index contributed by atoms with van der Waals surface area (Å²) in [4.78, 5) is 44.1. The van der Waals surface area contributed by atoms with E-state index in [0.717, 1.165) is 41.1 Å². The Kier molecular flexibility index (Phi) is 13.4. The van der Waals surface area contributed by atoms with Gasteiger partial charge < -0.3 is 24.7 Å². The maximum atomic E-state index is 13.4. The van der Waals surface area contributed by atoms with E-state index in [1.54, 1.807) is 0 Å². The molecule has 2 unspecified atom stereocenters. The summed E-state index contributed by atoms with van der Waals surface area (Å²) >= 11 is 0. The van der Waals surface area contributed by atoms with Gasteiger partial charge in [-0.05, 0) is 61.1 Å². The zero-order chi connectivity index (χ0) is 34.3. The van der Waals surface area contributed by atoms with Gasteiger partial charge in [0.1, 0.15) is 19.3 Å². The van der Waals surface area contributed by atoms with Gasteiger partial charge in [-0.3, -0.25) is 9.59 Å². The number of imidazole rings is 1. The molecular formula is C40H48N4O5. The van der Waals surface area contributed by atoms with E-state index in [1.165, 1.54) is 12.8 Å². The number of nitrogens with zero attached hydrogens (tertiary/aromatic N) is 2. The Balaban J connectivity index is 1.17. The predicted octanol–water partition coefficient (Wildman–Crippen LogP) is 6.97. The fourth-order valence-electron chi connectivity index (χ4n) is 6.28. The van der Waals surface area contributed by atoms with E-state index in [9.17, 15) is 14.4 Å². The molecule has 5 rings (SSSR count). The lowest BCUT2D eigenvalue weighted by Crippen LogP contribution is -2.48. The van der Waals surface area contributed by atoms with Gasteiger partial charge in [-0.25, -0.2) is 9.78 Å². The Bertz CT molecular complexity index is 1590. The number of carbonyl (C=O) groups excluding carboxylic acids is 3. The van der Waals surface area contributed by atoms with E-state index < -0.39 is 18.1 Å². The first-order chi connectivity index (χ1) is 23.9. The summed E-state index contributed by atoms with van der Waals surface area (Å²) < 4.78 is 13.4. The summed E-state index contributed by atoms with van der Waals surface area (Å²) in [5.74, 6) is -0.242. The Morgan fingerprint density at radius 3 is 2.02 bits per heavy atom. The van der Waals surface area contributed by atoms with Crippen molar-refractivity contribution >= 4 is 18.0 Å². The number of nitrogens with one attached hydrogen (secondary N) is 2. The lowest BCUT2D eigenvalue weighted by molar-refractivity contribution is -0.150. The van der Waals surface area contributed by atoms with Crippen LogP contribution in [0.3, 0.4) is 0 Å². The van der Waals surface area contributed by atoms with Crippen molar-refractivity contribution < 1.29 is 23.9 Å². The number of hydrogen-bond donors (Lipinski definition) is 2. The van der Waals surface area contributed by atoms with Gasteiger partial charge in [0.25, 0.3) is 0 Å². The zero-order valence-electron chi connectivity index (χ0n) is 28.3. The van der Waals surface area contributed by atoms with E-state index in [-0.39, 0.29) is 25.1 Å². The van der Waals surface area contributed by atoms with Gasteiger partial charge in [0, 0.05) is 31.6 Å². The summed E-state index contributed by atoms with van der Waals surface area (Å²) in [6.07, 6.45) is 9.87. The SMILES string of the molecule is CC1CCC(n2cnc(CC(CCCNC(=O)C(Cc3ccccc3)NC(=O)OCc3ccccc3)C(=O)OCc3ccccc3)c2)CC1. The molecule has 49 heavy (non-hydrogen) atoms. The Hall–Kier alpha value is -4.92.